The molecule has 3 heteroatoms. The summed E-state index contributed by atoms with van der Waals surface area (Å²) in [5.41, 5.74) is 2.25. The average Bonchev–Trinajstić information content (AvgIpc) is 2.71. The molecule has 0 saturated carbocycles. The first-order valence-electron chi connectivity index (χ1n) is 4.98. The van der Waals surface area contributed by atoms with Gasteiger partial charge in [0.1, 0.15) is 11.5 Å². The molecule has 0 amide bonds. The quantitative estimate of drug-likeness (QED) is 0.748. The minimum atomic E-state index is 0.681. The lowest BCUT2D eigenvalue weighted by Crippen LogP contribution is -1.86. The fraction of sp³-hybridized carbons (Fsp3) is 0.154. The van der Waals surface area contributed by atoms with Gasteiger partial charge in [0.25, 0.3) is 0 Å². The fourth-order valence-corrected chi connectivity index (χ4v) is 2.00. The monoisotopic (exact) mass is 232 g/mol. The normalized spacial score (nSPS) is 10.1. The van der Waals surface area contributed by atoms with Gasteiger partial charge in [0.05, 0.1) is 4.88 Å². The van der Waals surface area contributed by atoms with E-state index in [-0.39, 0.29) is 0 Å². The van der Waals surface area contributed by atoms with Crippen LogP contribution in [0.4, 0.5) is 0 Å². The third-order valence-corrected chi connectivity index (χ3v) is 3.12. The molecule has 1 aromatic heterocycles. The molecule has 2 rings (SSSR count). The van der Waals surface area contributed by atoms with Crippen LogP contribution in [0.1, 0.15) is 20.8 Å². The first-order valence-corrected chi connectivity index (χ1v) is 5.86. The van der Waals surface area contributed by atoms with E-state index in [1.807, 2.05) is 37.4 Å². The van der Waals surface area contributed by atoms with Crippen molar-refractivity contribution in [3.63, 3.8) is 0 Å². The zero-order valence-electron chi connectivity index (χ0n) is 9.19. The molecule has 0 bridgehead atoms. The molecule has 0 aliphatic carbocycles. The van der Waals surface area contributed by atoms with Crippen LogP contribution in [0.25, 0.3) is 0 Å². The molecule has 2 nitrogen and oxygen atoms in total. The summed E-state index contributed by atoms with van der Waals surface area (Å²) in [4.78, 5) is 11.2. The Morgan fingerprint density at radius 1 is 1.25 bits per heavy atom. The predicted molar refractivity (Wildman–Crippen MR) is 65.7 cm³/mol. The smallest absolute Gasteiger partial charge is 0.160 e. The molecule has 2 aromatic rings. The Morgan fingerprint density at radius 3 is 2.75 bits per heavy atom. The van der Waals surface area contributed by atoms with Crippen LogP contribution in [0.3, 0.4) is 0 Å². The second kappa shape index (κ2) is 4.49. The zero-order valence-corrected chi connectivity index (χ0v) is 10.0. The van der Waals surface area contributed by atoms with Crippen molar-refractivity contribution in [1.82, 2.24) is 0 Å². The van der Waals surface area contributed by atoms with Gasteiger partial charge in [-0.05, 0) is 31.0 Å². The second-order valence-corrected chi connectivity index (χ2v) is 4.62. The molecular formula is C13H12O2S. The van der Waals surface area contributed by atoms with Crippen molar-refractivity contribution >= 4 is 17.6 Å². The van der Waals surface area contributed by atoms with E-state index in [0.717, 1.165) is 28.9 Å². The predicted octanol–water partition coefficient (Wildman–Crippen LogP) is 3.97. The van der Waals surface area contributed by atoms with Gasteiger partial charge in [-0.25, -0.2) is 0 Å². The molecule has 0 aliphatic heterocycles. The number of carbonyl (C=O) groups is 1. The van der Waals surface area contributed by atoms with Crippen LogP contribution >= 0.6 is 11.3 Å². The molecule has 0 N–H and O–H groups in total. The Morgan fingerprint density at radius 2 is 2.06 bits per heavy atom. The molecule has 0 aliphatic rings. The molecule has 1 aromatic carbocycles. The minimum absolute atomic E-state index is 0.681. The van der Waals surface area contributed by atoms with Crippen molar-refractivity contribution in [3.05, 3.63) is 45.6 Å². The number of carbonyl (C=O) groups excluding carboxylic acids is 1. The average molecular weight is 232 g/mol. The van der Waals surface area contributed by atoms with Gasteiger partial charge in [-0.2, -0.15) is 0 Å². The highest BCUT2D eigenvalue weighted by Gasteiger charge is 2.04. The highest BCUT2D eigenvalue weighted by molar-refractivity contribution is 7.11. The number of hydrogen-bond acceptors (Lipinski definition) is 3. The minimum Gasteiger partial charge on any atom is -0.456 e. The zero-order chi connectivity index (χ0) is 11.5. The summed E-state index contributed by atoms with van der Waals surface area (Å²) in [5, 5.41) is 1.84. The number of aldehydes is 1. The number of aryl methyl sites for hydroxylation is 2. The highest BCUT2D eigenvalue weighted by Crippen LogP contribution is 2.28. The Hall–Kier alpha value is -1.61. The van der Waals surface area contributed by atoms with Gasteiger partial charge in [0.2, 0.25) is 0 Å². The number of hydrogen-bond donors (Lipinski definition) is 0. The second-order valence-electron chi connectivity index (χ2n) is 3.67. The molecular weight excluding hydrogens is 220 g/mol. The molecule has 16 heavy (non-hydrogen) atoms. The van der Waals surface area contributed by atoms with Gasteiger partial charge in [-0.1, -0.05) is 12.1 Å². The van der Waals surface area contributed by atoms with E-state index >= 15 is 0 Å². The van der Waals surface area contributed by atoms with Crippen LogP contribution in [0.5, 0.6) is 11.5 Å². The first-order chi connectivity index (χ1) is 7.69. The van der Waals surface area contributed by atoms with Crippen molar-refractivity contribution in [3.8, 4) is 11.5 Å². The Labute approximate surface area is 98.5 Å². The lowest BCUT2D eigenvalue weighted by molar-refractivity contribution is 0.112. The number of rotatable bonds is 3. The SMILES string of the molecule is Cc1ccc(C)c(Oc2csc(C=O)c2)c1. The third kappa shape index (κ3) is 2.31. The van der Waals surface area contributed by atoms with Gasteiger partial charge in [0, 0.05) is 11.4 Å². The highest BCUT2D eigenvalue weighted by atomic mass is 32.1. The maximum Gasteiger partial charge on any atom is 0.160 e. The van der Waals surface area contributed by atoms with Crippen LogP contribution in [0.2, 0.25) is 0 Å². The van der Waals surface area contributed by atoms with E-state index in [0.29, 0.717) is 4.88 Å². The van der Waals surface area contributed by atoms with E-state index in [2.05, 4.69) is 0 Å². The Bertz CT molecular complexity index is 514. The van der Waals surface area contributed by atoms with E-state index in [1.165, 1.54) is 11.3 Å². The molecule has 0 spiro atoms. The molecule has 0 atom stereocenters. The largest absolute Gasteiger partial charge is 0.456 e. The summed E-state index contributed by atoms with van der Waals surface area (Å²) in [6.45, 7) is 4.03. The van der Waals surface area contributed by atoms with Crippen LogP contribution < -0.4 is 4.74 Å². The van der Waals surface area contributed by atoms with Crippen molar-refractivity contribution in [1.29, 1.82) is 0 Å². The summed E-state index contributed by atoms with van der Waals surface area (Å²) >= 11 is 1.39. The van der Waals surface area contributed by atoms with Crippen molar-refractivity contribution in [2.24, 2.45) is 0 Å². The van der Waals surface area contributed by atoms with Crippen molar-refractivity contribution in [2.75, 3.05) is 0 Å². The summed E-state index contributed by atoms with van der Waals surface area (Å²) in [7, 11) is 0. The summed E-state index contributed by atoms with van der Waals surface area (Å²) in [6, 6.07) is 7.82. The van der Waals surface area contributed by atoms with Gasteiger partial charge in [-0.3, -0.25) is 4.79 Å². The third-order valence-electron chi connectivity index (χ3n) is 2.28. The molecule has 0 radical (unpaired) electrons. The van der Waals surface area contributed by atoms with E-state index in [1.54, 1.807) is 6.07 Å². The van der Waals surface area contributed by atoms with Gasteiger partial charge in [0.15, 0.2) is 6.29 Å². The fourth-order valence-electron chi connectivity index (χ4n) is 1.39. The summed E-state index contributed by atoms with van der Waals surface area (Å²) in [6.07, 6.45) is 0.834. The van der Waals surface area contributed by atoms with Crippen LogP contribution in [-0.2, 0) is 0 Å². The molecule has 0 unspecified atom stereocenters. The first kappa shape index (κ1) is 10.9. The van der Waals surface area contributed by atoms with Crippen molar-refractivity contribution in [2.45, 2.75) is 13.8 Å². The van der Waals surface area contributed by atoms with Gasteiger partial charge in [-0.15, -0.1) is 11.3 Å². The van der Waals surface area contributed by atoms with E-state index in [9.17, 15) is 4.79 Å². The molecule has 0 saturated heterocycles. The Kier molecular flexibility index (Phi) is 3.06. The summed E-state index contributed by atoms with van der Waals surface area (Å²) < 4.78 is 5.72. The number of thiophene rings is 1. The number of benzene rings is 1. The number of ether oxygens (including phenoxy) is 1. The van der Waals surface area contributed by atoms with Crippen LogP contribution in [0.15, 0.2) is 29.6 Å². The van der Waals surface area contributed by atoms with Gasteiger partial charge >= 0.3 is 0 Å². The lowest BCUT2D eigenvalue weighted by Gasteiger charge is -2.07. The van der Waals surface area contributed by atoms with E-state index in [4.69, 9.17) is 4.74 Å². The molecule has 1 heterocycles. The maximum absolute atomic E-state index is 10.5. The van der Waals surface area contributed by atoms with Crippen molar-refractivity contribution < 1.29 is 9.53 Å². The van der Waals surface area contributed by atoms with Crippen LogP contribution in [0, 0.1) is 13.8 Å². The summed E-state index contributed by atoms with van der Waals surface area (Å²) in [5.74, 6) is 1.57. The topological polar surface area (TPSA) is 26.3 Å². The standard InChI is InChI=1S/C13H12O2S/c1-9-3-4-10(2)13(5-9)15-11-6-12(7-14)16-8-11/h3-8H,1-2H3. The maximum atomic E-state index is 10.5. The van der Waals surface area contributed by atoms with E-state index < -0.39 is 0 Å². The lowest BCUT2D eigenvalue weighted by atomic mass is 10.1. The Balaban J connectivity index is 2.26. The van der Waals surface area contributed by atoms with Crippen LogP contribution in [-0.4, -0.2) is 6.29 Å². The molecule has 82 valence electrons. The molecule has 0 fully saturated rings. The van der Waals surface area contributed by atoms with Gasteiger partial charge < -0.3 is 4.74 Å².